The van der Waals surface area contributed by atoms with Crippen molar-refractivity contribution in [1.82, 2.24) is 16.0 Å². The maximum Gasteiger partial charge on any atom is 0.294 e. The van der Waals surface area contributed by atoms with Crippen LogP contribution in [0.5, 0.6) is 0 Å². The van der Waals surface area contributed by atoms with E-state index in [1.807, 2.05) is 0 Å². The van der Waals surface area contributed by atoms with E-state index in [0.717, 1.165) is 24.3 Å². The van der Waals surface area contributed by atoms with Crippen LogP contribution < -0.4 is 26.6 Å². The van der Waals surface area contributed by atoms with E-state index in [1.165, 1.54) is 31.2 Å². The number of carbonyl (C=O) groups is 3. The summed E-state index contributed by atoms with van der Waals surface area (Å²) in [6.07, 6.45) is -76.1. The second-order valence-corrected chi connectivity index (χ2v) is 34.2. The Morgan fingerprint density at radius 1 is 0.376 bits per heavy atom. The van der Waals surface area contributed by atoms with Gasteiger partial charge in [0.2, 0.25) is 17.7 Å². The Morgan fingerprint density at radius 2 is 0.658 bits per heavy atom. The van der Waals surface area contributed by atoms with Crippen LogP contribution in [0.2, 0.25) is 0 Å². The number of aliphatic hydroxyl groups is 21. The summed E-state index contributed by atoms with van der Waals surface area (Å²) >= 11 is 0. The first-order valence-corrected chi connectivity index (χ1v) is 41.5. The summed E-state index contributed by atoms with van der Waals surface area (Å²) in [6, 6.07) is 10.0. The smallest absolute Gasteiger partial charge is 0.294 e. The van der Waals surface area contributed by atoms with E-state index in [4.69, 9.17) is 66.3 Å². The monoisotopic (exact) mass is 1750 g/mol. The maximum absolute atomic E-state index is 14.5. The molecule has 21 aliphatic rings. The lowest BCUT2D eigenvalue weighted by Crippen LogP contribution is -2.68. The predicted octanol–water partition coefficient (Wildman–Crippen LogP) is -14.8. The lowest BCUT2D eigenvalue weighted by Gasteiger charge is -2.50. The minimum absolute atomic E-state index is 0.0671. The quantitative estimate of drug-likeness (QED) is 0.0343. The largest absolute Gasteiger partial charge is 0.395 e. The fourth-order valence-electron chi connectivity index (χ4n) is 14.8. The van der Waals surface area contributed by atoms with Gasteiger partial charge in [0.25, 0.3) is 20.2 Å². The molecule has 3 amide bonds. The van der Waals surface area contributed by atoms with Crippen LogP contribution in [-0.4, -0.2) is 438 Å². The van der Waals surface area contributed by atoms with Crippen molar-refractivity contribution < 1.29 is 214 Å². The lowest BCUT2D eigenvalue weighted by molar-refractivity contribution is -0.396. The number of aliphatic hydroxyl groups excluding tert-OH is 21. The van der Waals surface area contributed by atoms with Crippen LogP contribution in [0, 0.1) is 11.8 Å². The molecule has 666 valence electrons. The molecular formula is C67H102N3O44PS2. The minimum Gasteiger partial charge on any atom is -0.395 e. The molecule has 0 radical (unpaired) electrons. The highest BCUT2D eigenvalue weighted by molar-refractivity contribution is 7.86. The summed E-state index contributed by atoms with van der Waals surface area (Å²) < 4.78 is 150. The van der Waals surface area contributed by atoms with E-state index in [9.17, 15) is 148 Å². The summed E-state index contributed by atoms with van der Waals surface area (Å²) in [5.74, 6) is -4.85. The molecule has 50 heteroatoms. The Labute approximate surface area is 667 Å². The van der Waals surface area contributed by atoms with Crippen LogP contribution in [0.1, 0.15) is 26.2 Å². The zero-order chi connectivity index (χ0) is 85.6. The summed E-state index contributed by atoms with van der Waals surface area (Å²) in [4.78, 5) is 40.8. The van der Waals surface area contributed by atoms with E-state index in [1.54, 1.807) is 0 Å². The molecule has 37 atom stereocenters. The number of rotatable bonds is 24. The van der Waals surface area contributed by atoms with Gasteiger partial charge in [0.15, 0.2) is 44.0 Å². The van der Waals surface area contributed by atoms with Gasteiger partial charge < -0.3 is 190 Å². The van der Waals surface area contributed by atoms with Crippen molar-refractivity contribution in [3.8, 4) is 0 Å². The molecule has 47 nitrogen and oxygen atoms in total. The number of benzene rings is 2. The summed E-state index contributed by atoms with van der Waals surface area (Å²) in [5.41, 5.74) is 0. The average Bonchev–Trinajstić information content (AvgIpc) is 0.815. The van der Waals surface area contributed by atoms with Crippen molar-refractivity contribution in [2.45, 2.75) is 251 Å². The Kier molecular flexibility index (Phi) is 33.6. The van der Waals surface area contributed by atoms with Gasteiger partial charge in [0.05, 0.1) is 56.0 Å². The van der Waals surface area contributed by atoms with Gasteiger partial charge in [0, 0.05) is 37.9 Å². The number of amides is 3. The normalized spacial score (nSPS) is 41.2. The Balaban J connectivity index is 0.923. The maximum atomic E-state index is 14.5. The Bertz CT molecular complexity index is 3690. The minimum atomic E-state index is -4.79. The van der Waals surface area contributed by atoms with Crippen molar-refractivity contribution in [3.05, 3.63) is 48.5 Å². The molecular weight excluding hydrogens is 1650 g/mol. The van der Waals surface area contributed by atoms with Crippen LogP contribution >= 0.6 is 7.92 Å². The van der Waals surface area contributed by atoms with Gasteiger partial charge in [-0.1, -0.05) is 31.2 Å². The van der Waals surface area contributed by atoms with E-state index in [0.29, 0.717) is 0 Å². The molecule has 26 N–H and O–H groups in total. The van der Waals surface area contributed by atoms with Crippen molar-refractivity contribution >= 4 is 56.5 Å². The number of carbonyl (C=O) groups excluding carboxylic acids is 3. The van der Waals surface area contributed by atoms with Crippen LogP contribution in [-0.2, 0) is 101 Å². The van der Waals surface area contributed by atoms with Gasteiger partial charge in [-0.05, 0) is 61.8 Å². The third-order valence-electron chi connectivity index (χ3n) is 21.2. The molecule has 14 bridgehead atoms. The van der Waals surface area contributed by atoms with Crippen molar-refractivity contribution in [2.24, 2.45) is 11.8 Å². The highest BCUT2D eigenvalue weighted by Gasteiger charge is 2.60. The molecule has 2 aromatic rings. The third kappa shape index (κ3) is 21.9. The van der Waals surface area contributed by atoms with Gasteiger partial charge in [-0.2, -0.15) is 16.8 Å². The van der Waals surface area contributed by atoms with Crippen LogP contribution in [0.4, 0.5) is 0 Å². The number of ether oxygens (including phenoxy) is 14. The molecule has 2 unspecified atom stereocenters. The molecule has 0 spiro atoms. The predicted molar refractivity (Wildman–Crippen MR) is 378 cm³/mol. The third-order valence-corrected chi connectivity index (χ3v) is 25.4. The van der Waals surface area contributed by atoms with Gasteiger partial charge in [-0.3, -0.25) is 23.5 Å². The molecule has 117 heavy (non-hydrogen) atoms. The van der Waals surface area contributed by atoms with Crippen LogP contribution in [0.3, 0.4) is 0 Å². The molecule has 2 aromatic carbocycles. The summed E-state index contributed by atoms with van der Waals surface area (Å²) in [6.45, 7) is -7.29. The Hall–Kier alpha value is -4.30. The zero-order valence-corrected chi connectivity index (χ0v) is 64.5. The van der Waals surface area contributed by atoms with Gasteiger partial charge in [-0.25, -0.2) is 0 Å². The first-order valence-electron chi connectivity index (χ1n) is 37.1. The topological polar surface area (TPSA) is 750 Å². The molecule has 21 saturated heterocycles. The van der Waals surface area contributed by atoms with Crippen molar-refractivity contribution in [2.75, 3.05) is 72.0 Å². The second kappa shape index (κ2) is 41.5. The van der Waals surface area contributed by atoms with Crippen LogP contribution in [0.15, 0.2) is 58.3 Å². The van der Waals surface area contributed by atoms with Crippen molar-refractivity contribution in [1.29, 1.82) is 0 Å². The SMILES string of the molecule is CC(CC(CCC(=O)NCCO)C(=O)NCCP(c1cccc(S(=O)(=O)O)c1)c1cccc(S(=O)(=O)O)c1)C(=O)NC[C@H]1O[C@@H]2O[C@H]3[C@H](O)[C@@H](O)[C@@H](O[C@H]4[C@H](O)[C@@H](O)[C@@H](O[C@H]5[C@H](O)[C@@H](O)[C@@H](O[C@H]6[C@H](O)[C@@H](O)[C@@H](O[C@H]7[C@H](O)[C@@H](O)[C@@H](O[C@H]8[C@H](O)[C@@H](O)[C@@H](O[C@H]1[C@H](O)[C@H]2O)O[C@@H]8CO)O[C@@H]7CO)O[C@@H]6CO)O[C@@H]5CO)O[C@@H]4CO)O[C@@H]3CO. The molecule has 23 rings (SSSR count). The first kappa shape index (κ1) is 94.9. The number of hydrogen-bond donors (Lipinski definition) is 26. The van der Waals surface area contributed by atoms with Gasteiger partial charge in [-0.15, -0.1) is 0 Å². The number of nitrogens with one attached hydrogen (secondary N) is 3. The fourth-order valence-corrected chi connectivity index (χ4v) is 18.3. The van der Waals surface area contributed by atoms with Crippen LogP contribution in [0.25, 0.3) is 0 Å². The van der Waals surface area contributed by atoms with E-state index < -0.39 is 342 Å². The first-order chi connectivity index (χ1) is 55.4. The van der Waals surface area contributed by atoms with E-state index >= 15 is 0 Å². The molecule has 0 saturated carbocycles. The van der Waals surface area contributed by atoms with Crippen molar-refractivity contribution in [3.63, 3.8) is 0 Å². The van der Waals surface area contributed by atoms with E-state index in [-0.39, 0.29) is 42.7 Å². The van der Waals surface area contributed by atoms with Gasteiger partial charge in [0.1, 0.15) is 171 Å². The molecule has 21 aliphatic heterocycles. The number of hydrogen-bond acceptors (Lipinski definition) is 42. The lowest BCUT2D eigenvalue weighted by atomic mass is 9.90. The molecule has 21 heterocycles. The second-order valence-electron chi connectivity index (χ2n) is 29.0. The molecule has 0 aliphatic carbocycles. The highest BCUT2D eigenvalue weighted by atomic mass is 32.2. The summed E-state index contributed by atoms with van der Waals surface area (Å²) in [7, 11) is -11.4. The average molecular weight is 1750 g/mol. The molecule has 21 fully saturated rings. The zero-order valence-electron chi connectivity index (χ0n) is 62.0. The van der Waals surface area contributed by atoms with E-state index in [2.05, 4.69) is 16.0 Å². The standard InChI is InChI=1S/C67H102N3O44PS2/c1-24(14-25(8-9-37(78)68-10-12-71)60(94)69-11-13-115(26-4-2-6-28(15-26)116(95,96)97)27-5-3-7-29(16-27)117(98,99)100)59(93)70-17-30-52-38(79)45(86)61(101-30)109-53-31(18-72)103-63(47(88)40(53)81)111-55-33(20-74)105-65(49(90)42(55)83)113-57-35(22-76)107-67(51(92)44(57)85)114-58-36(23-77)106-66(50(91)43(58)84)112-56-34(21-75)104-64(48(89)41(56)82)110-54-32(19-73)102-62(108-52)46(87)39(54)80/h2-7,15-16,24-25,30-36,38-58,61-67,71-77,79-92H,8-14,17-23H2,1H3,(H,68,78)(H,69,94)(H,70,93)(H,95,96,97)(H,98,99,100)/t24?,25?,30-,31-,32-,33-,34-,35-,36-,38-,39-,40-,41-,42-,43-,44-,45-,46-,47-,48-,49-,50-,51-,52-,53-,54-,55-,56-,57-,58-,61-,62-,63-,64-,65-,66-,67-/m1/s1. The molecule has 0 aromatic heterocycles. The highest BCUT2D eigenvalue weighted by Crippen LogP contribution is 2.41. The van der Waals surface area contributed by atoms with Gasteiger partial charge >= 0.3 is 0 Å². The Morgan fingerprint density at radius 3 is 0.932 bits per heavy atom. The fraction of sp³-hybridized carbons (Fsp3) is 0.776. The summed E-state index contributed by atoms with van der Waals surface area (Å²) in [5, 5.41) is 245.